The number of benzene rings is 1. The van der Waals surface area contributed by atoms with Crippen molar-refractivity contribution in [3.05, 3.63) is 23.3 Å². The summed E-state index contributed by atoms with van der Waals surface area (Å²) in [6, 6.07) is 4.36. The molecule has 2 spiro atoms. The van der Waals surface area contributed by atoms with Gasteiger partial charge < -0.3 is 14.2 Å². The van der Waals surface area contributed by atoms with Gasteiger partial charge in [0.1, 0.15) is 18.0 Å². The maximum absolute atomic E-state index is 13.2. The number of methoxy groups -OCH3 is 2. The first-order valence-corrected chi connectivity index (χ1v) is 11.4. The van der Waals surface area contributed by atoms with Crippen LogP contribution in [0.4, 0.5) is 0 Å². The lowest BCUT2D eigenvalue weighted by atomic mass is 9.51. The van der Waals surface area contributed by atoms with Crippen molar-refractivity contribution in [3.8, 4) is 11.5 Å². The number of ether oxygens (including phenoxy) is 3. The fourth-order valence-electron chi connectivity index (χ4n) is 8.90. The number of hydrogen-bond acceptors (Lipinski definition) is 4. The maximum Gasteiger partial charge on any atom is 0.165 e. The van der Waals surface area contributed by atoms with Gasteiger partial charge >= 0.3 is 0 Å². The fourth-order valence-corrected chi connectivity index (χ4v) is 8.90. The Bertz CT molecular complexity index is 893. The van der Waals surface area contributed by atoms with E-state index in [1.807, 2.05) is 0 Å². The molecule has 4 nitrogen and oxygen atoms in total. The van der Waals surface area contributed by atoms with E-state index in [9.17, 15) is 4.79 Å². The van der Waals surface area contributed by atoms with E-state index in [1.54, 1.807) is 14.2 Å². The number of Topliss-reactive ketones (excluding diaryl/α,β-unsaturated/α-hetero) is 1. The van der Waals surface area contributed by atoms with Crippen LogP contribution < -0.4 is 9.47 Å². The van der Waals surface area contributed by atoms with Crippen molar-refractivity contribution in [2.45, 2.75) is 70.0 Å². The van der Waals surface area contributed by atoms with Gasteiger partial charge in [-0.2, -0.15) is 0 Å². The summed E-state index contributed by atoms with van der Waals surface area (Å²) < 4.78 is 18.6. The number of rotatable bonds is 5. The van der Waals surface area contributed by atoms with Crippen molar-refractivity contribution in [3.63, 3.8) is 0 Å². The molecule has 0 amide bonds. The molecule has 3 saturated carbocycles. The van der Waals surface area contributed by atoms with Crippen LogP contribution in [0.1, 0.15) is 57.1 Å². The Morgan fingerprint density at radius 1 is 1.31 bits per heavy atom. The molecule has 5 aliphatic rings. The molecule has 4 aliphatic carbocycles. The van der Waals surface area contributed by atoms with E-state index in [0.29, 0.717) is 29.5 Å². The lowest BCUT2D eigenvalue weighted by molar-refractivity contribution is -0.144. The summed E-state index contributed by atoms with van der Waals surface area (Å²) in [4.78, 5) is 13.2. The van der Waals surface area contributed by atoms with Crippen LogP contribution in [-0.2, 0) is 21.4 Å². The Hall–Kier alpha value is -1.55. The maximum atomic E-state index is 13.2. The average Bonchev–Trinajstić information content (AvgIpc) is 3.13. The largest absolute Gasteiger partial charge is 0.493 e. The molecule has 156 valence electrons. The molecule has 8 atom stereocenters. The van der Waals surface area contributed by atoms with Crippen LogP contribution in [-0.4, -0.2) is 32.2 Å². The Balaban J connectivity index is 1.56. The molecule has 0 N–H and O–H groups in total. The van der Waals surface area contributed by atoms with Gasteiger partial charge in [0.15, 0.2) is 11.5 Å². The number of fused-ring (bicyclic) bond motifs is 1. The quantitative estimate of drug-likeness (QED) is 0.744. The Labute approximate surface area is 173 Å². The number of carbonyl (C=O) groups is 1. The summed E-state index contributed by atoms with van der Waals surface area (Å²) in [6.45, 7) is 4.52. The summed E-state index contributed by atoms with van der Waals surface area (Å²) >= 11 is 0. The van der Waals surface area contributed by atoms with E-state index >= 15 is 0 Å². The van der Waals surface area contributed by atoms with Gasteiger partial charge in [0.25, 0.3) is 0 Å². The molecule has 2 bridgehead atoms. The highest BCUT2D eigenvalue weighted by Crippen LogP contribution is 2.79. The first kappa shape index (κ1) is 18.2. The highest BCUT2D eigenvalue weighted by molar-refractivity contribution is 5.82. The minimum Gasteiger partial charge on any atom is -0.493 e. The van der Waals surface area contributed by atoms with Crippen molar-refractivity contribution < 1.29 is 19.0 Å². The van der Waals surface area contributed by atoms with Crippen LogP contribution in [0.5, 0.6) is 11.5 Å². The summed E-state index contributed by atoms with van der Waals surface area (Å²) in [5.74, 6) is 4.05. The highest BCUT2D eigenvalue weighted by Gasteiger charge is 2.77. The highest BCUT2D eigenvalue weighted by atomic mass is 16.6. The molecule has 0 saturated heterocycles. The minimum atomic E-state index is -0.168. The number of ketones is 1. The van der Waals surface area contributed by atoms with Crippen molar-refractivity contribution in [1.82, 2.24) is 0 Å². The molecule has 6 rings (SSSR count). The van der Waals surface area contributed by atoms with Gasteiger partial charge in [0, 0.05) is 30.4 Å². The van der Waals surface area contributed by atoms with Gasteiger partial charge in [-0.25, -0.2) is 0 Å². The fraction of sp³-hybridized carbons (Fsp3) is 0.720. The van der Waals surface area contributed by atoms with Crippen LogP contribution in [0.15, 0.2) is 12.1 Å². The van der Waals surface area contributed by atoms with Crippen LogP contribution in [0, 0.1) is 29.1 Å². The smallest absolute Gasteiger partial charge is 0.165 e. The lowest BCUT2D eigenvalue weighted by Gasteiger charge is -2.53. The molecular weight excluding hydrogens is 364 g/mol. The second-order valence-electron chi connectivity index (χ2n) is 10.5. The third-order valence-corrected chi connectivity index (χ3v) is 9.36. The Morgan fingerprint density at radius 3 is 2.83 bits per heavy atom. The van der Waals surface area contributed by atoms with E-state index in [0.717, 1.165) is 36.7 Å². The topological polar surface area (TPSA) is 44.8 Å². The monoisotopic (exact) mass is 396 g/mol. The van der Waals surface area contributed by atoms with E-state index in [1.165, 1.54) is 24.0 Å². The van der Waals surface area contributed by atoms with Crippen LogP contribution in [0.2, 0.25) is 0 Å². The molecular formula is C25H32O4. The van der Waals surface area contributed by atoms with E-state index in [2.05, 4.69) is 26.0 Å². The zero-order valence-electron chi connectivity index (χ0n) is 18.0. The van der Waals surface area contributed by atoms with Crippen LogP contribution in [0.3, 0.4) is 0 Å². The summed E-state index contributed by atoms with van der Waals surface area (Å²) in [5, 5.41) is 0. The SMILES string of the molecule is CCCC(=O)[C@H]1CC2[C@@H]3C(C)CC34Cc3ccc(OC)c5c3[C@@]2(C4)[C@@H](O5)[C@@H]1OC. The molecule has 1 aromatic rings. The van der Waals surface area contributed by atoms with Gasteiger partial charge in [0.05, 0.1) is 7.11 Å². The lowest BCUT2D eigenvalue weighted by Crippen LogP contribution is -2.59. The number of hydrogen-bond donors (Lipinski definition) is 0. The predicted molar refractivity (Wildman–Crippen MR) is 109 cm³/mol. The molecule has 1 heterocycles. The van der Waals surface area contributed by atoms with Crippen LogP contribution in [0.25, 0.3) is 0 Å². The molecule has 3 unspecified atom stereocenters. The summed E-state index contributed by atoms with van der Waals surface area (Å²) in [6.07, 6.45) is 5.94. The molecule has 1 aromatic carbocycles. The van der Waals surface area contributed by atoms with Crippen molar-refractivity contribution in [1.29, 1.82) is 0 Å². The second-order valence-corrected chi connectivity index (χ2v) is 10.5. The third-order valence-electron chi connectivity index (χ3n) is 9.36. The van der Waals surface area contributed by atoms with Gasteiger partial charge in [-0.1, -0.05) is 19.9 Å². The molecule has 0 aromatic heterocycles. The van der Waals surface area contributed by atoms with E-state index in [-0.39, 0.29) is 23.5 Å². The Kier molecular flexibility index (Phi) is 3.63. The van der Waals surface area contributed by atoms with Crippen molar-refractivity contribution in [2.75, 3.05) is 14.2 Å². The molecule has 29 heavy (non-hydrogen) atoms. The van der Waals surface area contributed by atoms with Crippen molar-refractivity contribution >= 4 is 5.78 Å². The van der Waals surface area contributed by atoms with Gasteiger partial charge in [-0.3, -0.25) is 4.79 Å². The first-order chi connectivity index (χ1) is 14.0. The minimum absolute atomic E-state index is 0.00342. The number of carbonyl (C=O) groups excluding carboxylic acids is 1. The standard InChI is InChI=1S/C25H32O4/c1-5-6-17(26)15-9-16-19-13(2)10-24(19)11-14-7-8-18(27-3)22-20(14)25(16,12-24)23(29-22)21(15)28-4/h7-8,13,15-16,19,21,23H,5-6,9-12H2,1-4H3/t13?,15-,16?,19+,21-,23+,24?,25+/m1/s1. The normalized spacial score (nSPS) is 45.1. The zero-order valence-corrected chi connectivity index (χ0v) is 18.0. The predicted octanol–water partition coefficient (Wildman–Crippen LogP) is 4.32. The van der Waals surface area contributed by atoms with Crippen molar-refractivity contribution in [2.24, 2.45) is 29.1 Å². The average molecular weight is 397 g/mol. The van der Waals surface area contributed by atoms with Crippen LogP contribution >= 0.6 is 0 Å². The van der Waals surface area contributed by atoms with E-state index < -0.39 is 0 Å². The van der Waals surface area contributed by atoms with Gasteiger partial charge in [0.2, 0.25) is 0 Å². The Morgan fingerprint density at radius 2 is 2.14 bits per heavy atom. The van der Waals surface area contributed by atoms with Gasteiger partial charge in [-0.15, -0.1) is 0 Å². The van der Waals surface area contributed by atoms with Gasteiger partial charge in [-0.05, 0) is 66.9 Å². The molecule has 1 aliphatic heterocycles. The molecule has 3 fully saturated rings. The summed E-state index contributed by atoms with van der Waals surface area (Å²) in [7, 11) is 3.49. The zero-order chi connectivity index (χ0) is 20.1. The third kappa shape index (κ3) is 1.93. The molecule has 0 radical (unpaired) electrons. The summed E-state index contributed by atoms with van der Waals surface area (Å²) in [5.41, 5.74) is 3.26. The molecule has 4 heteroatoms. The van der Waals surface area contributed by atoms with E-state index in [4.69, 9.17) is 14.2 Å². The second kappa shape index (κ2) is 5.78. The first-order valence-electron chi connectivity index (χ1n) is 11.4.